The maximum atomic E-state index is 12.9. The van der Waals surface area contributed by atoms with Crippen LogP contribution in [0.5, 0.6) is 11.5 Å². The van der Waals surface area contributed by atoms with Gasteiger partial charge in [-0.3, -0.25) is 14.4 Å². The Bertz CT molecular complexity index is 969. The molecule has 31 heavy (non-hydrogen) atoms. The molecule has 0 radical (unpaired) electrons. The predicted octanol–water partition coefficient (Wildman–Crippen LogP) is 1.26. The first-order chi connectivity index (χ1) is 14.9. The molecule has 2 aromatic rings. The van der Waals surface area contributed by atoms with Crippen molar-refractivity contribution in [2.45, 2.75) is 51.4 Å². The normalized spacial score (nSPS) is 26.8. The first-order valence-electron chi connectivity index (χ1n) is 10.9. The Morgan fingerprint density at radius 3 is 2.90 bits per heavy atom. The molecular weight excluding hydrogens is 398 g/mol. The molecule has 9 heteroatoms. The smallest absolute Gasteiger partial charge is 0.231 e. The second kappa shape index (κ2) is 7.80. The van der Waals surface area contributed by atoms with Gasteiger partial charge in [-0.15, -0.1) is 5.10 Å². The monoisotopic (exact) mass is 427 g/mol. The number of benzene rings is 1. The summed E-state index contributed by atoms with van der Waals surface area (Å²) < 4.78 is 12.6. The van der Waals surface area contributed by atoms with Gasteiger partial charge >= 0.3 is 0 Å². The van der Waals surface area contributed by atoms with Crippen molar-refractivity contribution in [3.8, 4) is 11.5 Å². The van der Waals surface area contributed by atoms with E-state index in [0.717, 1.165) is 49.5 Å². The quantitative estimate of drug-likeness (QED) is 0.716. The third kappa shape index (κ3) is 4.12. The Balaban J connectivity index is 1.17. The van der Waals surface area contributed by atoms with Crippen molar-refractivity contribution in [3.05, 3.63) is 35.7 Å². The van der Waals surface area contributed by atoms with Crippen LogP contribution < -0.4 is 14.8 Å². The zero-order valence-corrected chi connectivity index (χ0v) is 18.0. The van der Waals surface area contributed by atoms with Gasteiger partial charge in [0.1, 0.15) is 11.3 Å². The van der Waals surface area contributed by atoms with Gasteiger partial charge in [0.2, 0.25) is 12.7 Å². The van der Waals surface area contributed by atoms with Crippen molar-refractivity contribution < 1.29 is 19.4 Å². The lowest BCUT2D eigenvalue weighted by Crippen LogP contribution is -2.58. The lowest BCUT2D eigenvalue weighted by atomic mass is 9.75. The second-order valence-corrected chi connectivity index (χ2v) is 9.33. The van der Waals surface area contributed by atoms with Gasteiger partial charge in [0.25, 0.3) is 0 Å². The summed E-state index contributed by atoms with van der Waals surface area (Å²) >= 11 is 0. The molecule has 1 aromatic carbocycles. The SMILES string of the molecule is CC(C)(O)c1cn(CC2CC3CCN2CC3C(=O)NCc2ccc3c(c2)OCO3)nn1. The molecule has 1 amide bonds. The minimum atomic E-state index is -0.995. The highest BCUT2D eigenvalue weighted by molar-refractivity contribution is 5.79. The van der Waals surface area contributed by atoms with Crippen molar-refractivity contribution in [3.63, 3.8) is 0 Å². The van der Waals surface area contributed by atoms with Crippen molar-refractivity contribution in [1.29, 1.82) is 0 Å². The van der Waals surface area contributed by atoms with Crippen LogP contribution in [0.4, 0.5) is 0 Å². The molecule has 6 rings (SSSR count). The Morgan fingerprint density at radius 2 is 2.16 bits per heavy atom. The fraction of sp³-hybridized carbons (Fsp3) is 0.591. The summed E-state index contributed by atoms with van der Waals surface area (Å²) in [5.41, 5.74) is 0.584. The number of nitrogens with one attached hydrogen (secondary N) is 1. The van der Waals surface area contributed by atoms with E-state index in [2.05, 4.69) is 20.5 Å². The van der Waals surface area contributed by atoms with Gasteiger partial charge in [-0.1, -0.05) is 11.3 Å². The molecule has 3 fully saturated rings. The molecule has 9 nitrogen and oxygen atoms in total. The Kier molecular flexibility index (Phi) is 5.10. The van der Waals surface area contributed by atoms with Crippen molar-refractivity contribution in [2.75, 3.05) is 19.9 Å². The molecule has 2 N–H and O–H groups in total. The van der Waals surface area contributed by atoms with E-state index in [1.165, 1.54) is 0 Å². The number of piperidine rings is 3. The van der Waals surface area contributed by atoms with E-state index in [4.69, 9.17) is 9.47 Å². The van der Waals surface area contributed by atoms with E-state index in [1.54, 1.807) is 13.8 Å². The number of hydrogen-bond acceptors (Lipinski definition) is 7. The number of hydrogen-bond donors (Lipinski definition) is 2. The van der Waals surface area contributed by atoms with E-state index >= 15 is 0 Å². The lowest BCUT2D eigenvalue weighted by Gasteiger charge is -2.49. The number of carbonyl (C=O) groups excluding carboxylic acids is 1. The highest BCUT2D eigenvalue weighted by Crippen LogP contribution is 2.37. The van der Waals surface area contributed by atoms with E-state index in [-0.39, 0.29) is 18.6 Å². The van der Waals surface area contributed by atoms with Crippen LogP contribution in [-0.4, -0.2) is 56.8 Å². The molecule has 4 unspecified atom stereocenters. The fourth-order valence-corrected chi connectivity index (χ4v) is 4.88. The van der Waals surface area contributed by atoms with Gasteiger partial charge < -0.3 is 19.9 Å². The summed E-state index contributed by atoms with van der Waals surface area (Å²) in [4.78, 5) is 15.3. The number of carbonyl (C=O) groups is 1. The predicted molar refractivity (Wildman–Crippen MR) is 111 cm³/mol. The van der Waals surface area contributed by atoms with Gasteiger partial charge in [-0.05, 0) is 56.8 Å². The molecular formula is C22H29N5O4. The van der Waals surface area contributed by atoms with Crippen molar-refractivity contribution >= 4 is 5.91 Å². The maximum absolute atomic E-state index is 12.9. The molecule has 3 saturated heterocycles. The fourth-order valence-electron chi connectivity index (χ4n) is 4.88. The van der Waals surface area contributed by atoms with Crippen molar-refractivity contribution in [1.82, 2.24) is 25.2 Å². The first-order valence-corrected chi connectivity index (χ1v) is 10.9. The van der Waals surface area contributed by atoms with E-state index < -0.39 is 5.60 Å². The number of aliphatic hydroxyl groups is 1. The van der Waals surface area contributed by atoms with Crippen LogP contribution in [0.25, 0.3) is 0 Å². The van der Waals surface area contributed by atoms with Crippen LogP contribution >= 0.6 is 0 Å². The second-order valence-electron chi connectivity index (χ2n) is 9.33. The van der Waals surface area contributed by atoms with Gasteiger partial charge in [0.05, 0.1) is 18.7 Å². The average Bonchev–Trinajstić information content (AvgIpc) is 3.41. The van der Waals surface area contributed by atoms with Gasteiger partial charge in [0, 0.05) is 19.1 Å². The average molecular weight is 428 g/mol. The zero-order chi connectivity index (χ0) is 21.6. The Morgan fingerprint density at radius 1 is 1.32 bits per heavy atom. The minimum absolute atomic E-state index is 0.0155. The molecule has 0 spiro atoms. The standard InChI is InChI=1S/C22H29N5O4/c1-22(2,29)20-12-27(25-24-20)10-16-8-15-5-6-26(16)11-17(15)21(28)23-9-14-3-4-18-19(7-14)31-13-30-18/h3-4,7,12,15-17,29H,5-6,8-11,13H2,1-2H3,(H,23,28). The lowest BCUT2D eigenvalue weighted by molar-refractivity contribution is -0.133. The van der Waals surface area contributed by atoms with Gasteiger partial charge in [0.15, 0.2) is 11.5 Å². The molecule has 4 aliphatic heterocycles. The maximum Gasteiger partial charge on any atom is 0.231 e. The van der Waals surface area contributed by atoms with Crippen LogP contribution in [0.3, 0.4) is 0 Å². The molecule has 2 bridgehead atoms. The van der Waals surface area contributed by atoms with E-state index in [9.17, 15) is 9.90 Å². The summed E-state index contributed by atoms with van der Waals surface area (Å²) in [7, 11) is 0. The number of aromatic nitrogens is 3. The van der Waals surface area contributed by atoms with Crippen molar-refractivity contribution in [2.24, 2.45) is 11.8 Å². The molecule has 0 aliphatic carbocycles. The zero-order valence-electron chi connectivity index (χ0n) is 18.0. The highest BCUT2D eigenvalue weighted by Gasteiger charge is 2.43. The topological polar surface area (TPSA) is 102 Å². The third-order valence-electron chi connectivity index (χ3n) is 6.68. The van der Waals surface area contributed by atoms with Crippen LogP contribution in [0, 0.1) is 11.8 Å². The Hall–Kier alpha value is -2.65. The third-order valence-corrected chi connectivity index (χ3v) is 6.68. The molecule has 4 atom stereocenters. The molecule has 4 aliphatic rings. The molecule has 0 saturated carbocycles. The summed E-state index contributed by atoms with van der Waals surface area (Å²) in [5, 5.41) is 21.5. The number of nitrogens with zero attached hydrogens (tertiary/aromatic N) is 4. The van der Waals surface area contributed by atoms with Crippen LogP contribution in [0.2, 0.25) is 0 Å². The summed E-state index contributed by atoms with van der Waals surface area (Å²) in [6, 6.07) is 6.11. The van der Waals surface area contributed by atoms with Gasteiger partial charge in [-0.2, -0.15) is 0 Å². The van der Waals surface area contributed by atoms with Crippen LogP contribution in [0.1, 0.15) is 37.9 Å². The van der Waals surface area contributed by atoms with E-state index in [1.807, 2.05) is 29.1 Å². The summed E-state index contributed by atoms with van der Waals surface area (Å²) in [5.74, 6) is 2.00. The van der Waals surface area contributed by atoms with Gasteiger partial charge in [-0.25, -0.2) is 0 Å². The molecule has 5 heterocycles. The minimum Gasteiger partial charge on any atom is -0.454 e. The summed E-state index contributed by atoms with van der Waals surface area (Å²) in [6.45, 7) is 6.66. The Labute approximate surface area is 181 Å². The van der Waals surface area contributed by atoms with Crippen LogP contribution in [-0.2, 0) is 23.5 Å². The number of rotatable bonds is 6. The number of amides is 1. The number of ether oxygens (including phenoxy) is 2. The molecule has 1 aromatic heterocycles. The first kappa shape index (κ1) is 20.3. The van der Waals surface area contributed by atoms with E-state index in [0.29, 0.717) is 24.2 Å². The van der Waals surface area contributed by atoms with Crippen LogP contribution in [0.15, 0.2) is 24.4 Å². The largest absolute Gasteiger partial charge is 0.454 e. The number of fused-ring (bicyclic) bond motifs is 4. The molecule has 166 valence electrons. The summed E-state index contributed by atoms with van der Waals surface area (Å²) in [6.07, 6.45) is 3.84. The highest BCUT2D eigenvalue weighted by atomic mass is 16.7.